The molecular weight excluding hydrogens is 288 g/mol. The number of imidazole rings is 1. The highest BCUT2D eigenvalue weighted by atomic mass is 15.1. The normalized spacial score (nSPS) is 11.9. The van der Waals surface area contributed by atoms with Crippen molar-refractivity contribution in [2.45, 2.75) is 13.8 Å². The first-order valence-electron chi connectivity index (χ1n) is 7.38. The molecule has 0 radical (unpaired) electrons. The minimum absolute atomic E-state index is 0.714. The van der Waals surface area contributed by atoms with Crippen LogP contribution in [0.3, 0.4) is 0 Å². The summed E-state index contributed by atoms with van der Waals surface area (Å²) in [4.78, 5) is 22.6. The lowest BCUT2D eigenvalue weighted by Crippen LogP contribution is -1.98. The van der Waals surface area contributed by atoms with Crippen LogP contribution in [-0.4, -0.2) is 29.3 Å². The largest absolute Gasteiger partial charge is 0.259 e. The third-order valence-electron chi connectivity index (χ3n) is 4.08. The monoisotopic (exact) mass is 300 g/mol. The molecule has 6 heteroatoms. The van der Waals surface area contributed by atoms with Gasteiger partial charge in [-0.1, -0.05) is 24.3 Å². The third-order valence-corrected chi connectivity index (χ3v) is 4.08. The van der Waals surface area contributed by atoms with Gasteiger partial charge in [0.25, 0.3) is 0 Å². The van der Waals surface area contributed by atoms with Gasteiger partial charge < -0.3 is 0 Å². The molecule has 4 aromatic heterocycles. The summed E-state index contributed by atoms with van der Waals surface area (Å²) in [5.41, 5.74) is 3.22. The molecule has 1 aromatic carbocycles. The number of hydrogen-bond acceptors (Lipinski definition) is 5. The summed E-state index contributed by atoms with van der Waals surface area (Å²) in [6.45, 7) is 3.77. The van der Waals surface area contributed by atoms with E-state index in [4.69, 9.17) is 4.98 Å². The molecule has 0 fully saturated rings. The Bertz CT molecular complexity index is 1240. The third kappa shape index (κ3) is 1.60. The molecule has 4 heterocycles. The van der Waals surface area contributed by atoms with Gasteiger partial charge in [0.2, 0.25) is 0 Å². The Balaban J connectivity index is 2.21. The number of nitrogens with zero attached hydrogens (tertiary/aromatic N) is 6. The van der Waals surface area contributed by atoms with Gasteiger partial charge in [0.15, 0.2) is 11.3 Å². The first-order valence-corrected chi connectivity index (χ1v) is 7.38. The maximum Gasteiger partial charge on any atom is 0.169 e. The zero-order chi connectivity index (χ0) is 15.6. The van der Waals surface area contributed by atoms with E-state index in [1.807, 2.05) is 36.6 Å². The molecule has 0 bridgehead atoms. The molecule has 0 amide bonds. The Morgan fingerprint density at radius 3 is 2.17 bits per heavy atom. The van der Waals surface area contributed by atoms with Crippen LogP contribution in [0, 0.1) is 13.8 Å². The number of pyridine rings is 1. The van der Waals surface area contributed by atoms with Crippen molar-refractivity contribution >= 4 is 38.6 Å². The van der Waals surface area contributed by atoms with Crippen molar-refractivity contribution in [3.63, 3.8) is 0 Å². The molecule has 0 atom stereocenters. The number of aryl methyl sites for hydroxylation is 2. The van der Waals surface area contributed by atoms with Gasteiger partial charge in [-0.15, -0.1) is 0 Å². The molecular formula is C17H12N6. The molecule has 110 valence electrons. The van der Waals surface area contributed by atoms with Crippen molar-refractivity contribution in [2.75, 3.05) is 0 Å². The van der Waals surface area contributed by atoms with Crippen molar-refractivity contribution in [2.24, 2.45) is 0 Å². The summed E-state index contributed by atoms with van der Waals surface area (Å²) in [6.07, 6.45) is 3.64. The molecule has 0 unspecified atom stereocenters. The van der Waals surface area contributed by atoms with Crippen LogP contribution in [0.25, 0.3) is 38.6 Å². The molecule has 0 saturated heterocycles. The Morgan fingerprint density at radius 1 is 0.696 bits per heavy atom. The lowest BCUT2D eigenvalue weighted by atomic mass is 10.1. The topological polar surface area (TPSA) is 68.9 Å². The Morgan fingerprint density at radius 2 is 1.35 bits per heavy atom. The van der Waals surface area contributed by atoms with Gasteiger partial charge in [0, 0.05) is 17.0 Å². The zero-order valence-electron chi connectivity index (χ0n) is 12.6. The van der Waals surface area contributed by atoms with E-state index in [1.165, 1.54) is 0 Å². The summed E-state index contributed by atoms with van der Waals surface area (Å²) in [7, 11) is 0. The van der Waals surface area contributed by atoms with Gasteiger partial charge in [-0.25, -0.2) is 24.9 Å². The number of hydrogen-bond donors (Lipinski definition) is 0. The summed E-state index contributed by atoms with van der Waals surface area (Å²) in [5.74, 6) is 1.44. The molecule has 5 aromatic rings. The number of aromatic nitrogens is 6. The molecule has 0 aliphatic heterocycles. The summed E-state index contributed by atoms with van der Waals surface area (Å²) < 4.78 is 2.01. The van der Waals surface area contributed by atoms with Crippen LogP contribution in [0.5, 0.6) is 0 Å². The van der Waals surface area contributed by atoms with E-state index < -0.39 is 0 Å². The van der Waals surface area contributed by atoms with E-state index in [9.17, 15) is 0 Å². The molecule has 6 nitrogen and oxygen atoms in total. The first kappa shape index (κ1) is 12.4. The second-order valence-electron chi connectivity index (χ2n) is 5.60. The minimum atomic E-state index is 0.714. The van der Waals surface area contributed by atoms with E-state index in [0.717, 1.165) is 44.4 Å². The maximum absolute atomic E-state index is 4.74. The van der Waals surface area contributed by atoms with Gasteiger partial charge in [-0.3, -0.25) is 4.40 Å². The molecule has 23 heavy (non-hydrogen) atoms. The second kappa shape index (κ2) is 4.19. The van der Waals surface area contributed by atoms with Crippen molar-refractivity contribution in [3.8, 4) is 0 Å². The predicted octanol–water partition coefficient (Wildman–Crippen LogP) is 2.99. The highest BCUT2D eigenvalue weighted by molar-refractivity contribution is 6.12. The Hall–Kier alpha value is -3.15. The SMILES string of the molecule is Cc1ncc2nc3c4ccccc4c4cnc(C)nc4n3c2n1. The Kier molecular flexibility index (Phi) is 2.26. The van der Waals surface area contributed by atoms with Gasteiger partial charge in [0.1, 0.15) is 22.8 Å². The summed E-state index contributed by atoms with van der Waals surface area (Å²) in [6, 6.07) is 8.17. The van der Waals surface area contributed by atoms with Crippen LogP contribution in [-0.2, 0) is 0 Å². The second-order valence-corrected chi connectivity index (χ2v) is 5.60. The molecule has 5 rings (SSSR count). The van der Waals surface area contributed by atoms with Crippen molar-refractivity contribution in [1.29, 1.82) is 0 Å². The first-order chi connectivity index (χ1) is 11.2. The smallest absolute Gasteiger partial charge is 0.169 e. The molecule has 0 aliphatic rings. The maximum atomic E-state index is 4.74. The average molecular weight is 300 g/mol. The molecule has 0 N–H and O–H groups in total. The van der Waals surface area contributed by atoms with Gasteiger partial charge in [-0.2, -0.15) is 0 Å². The van der Waals surface area contributed by atoms with Crippen molar-refractivity contribution < 1.29 is 0 Å². The lowest BCUT2D eigenvalue weighted by Gasteiger charge is -2.07. The van der Waals surface area contributed by atoms with Crippen LogP contribution in [0.15, 0.2) is 36.7 Å². The predicted molar refractivity (Wildman–Crippen MR) is 88.4 cm³/mol. The van der Waals surface area contributed by atoms with Gasteiger partial charge >= 0.3 is 0 Å². The fourth-order valence-electron chi connectivity index (χ4n) is 3.07. The zero-order valence-corrected chi connectivity index (χ0v) is 12.6. The highest BCUT2D eigenvalue weighted by Gasteiger charge is 2.15. The average Bonchev–Trinajstić information content (AvgIpc) is 2.94. The van der Waals surface area contributed by atoms with Crippen LogP contribution in [0.1, 0.15) is 11.6 Å². The standard InChI is InChI=1S/C17H12N6/c1-9-18-7-13-11-5-3-4-6-12(11)15-22-14-8-19-10(2)21-17(14)23(15)16(13)20-9/h3-8H,1-2H3. The molecule has 0 spiro atoms. The van der Waals surface area contributed by atoms with Crippen LogP contribution in [0.2, 0.25) is 0 Å². The van der Waals surface area contributed by atoms with E-state index in [2.05, 4.69) is 32.1 Å². The number of rotatable bonds is 0. The van der Waals surface area contributed by atoms with Gasteiger partial charge in [-0.05, 0) is 19.2 Å². The summed E-state index contributed by atoms with van der Waals surface area (Å²) in [5, 5.41) is 3.15. The van der Waals surface area contributed by atoms with Crippen LogP contribution >= 0.6 is 0 Å². The lowest BCUT2D eigenvalue weighted by molar-refractivity contribution is 1.04. The van der Waals surface area contributed by atoms with Crippen LogP contribution < -0.4 is 0 Å². The summed E-state index contributed by atoms with van der Waals surface area (Å²) >= 11 is 0. The van der Waals surface area contributed by atoms with Crippen LogP contribution in [0.4, 0.5) is 0 Å². The van der Waals surface area contributed by atoms with E-state index in [1.54, 1.807) is 6.20 Å². The number of benzene rings is 1. The highest BCUT2D eigenvalue weighted by Crippen LogP contribution is 2.30. The fraction of sp³-hybridized carbons (Fsp3) is 0.118. The quantitative estimate of drug-likeness (QED) is 0.411. The fourth-order valence-corrected chi connectivity index (χ4v) is 3.07. The van der Waals surface area contributed by atoms with Gasteiger partial charge in [0.05, 0.1) is 6.20 Å². The van der Waals surface area contributed by atoms with Crippen molar-refractivity contribution in [3.05, 3.63) is 48.3 Å². The van der Waals surface area contributed by atoms with Crippen molar-refractivity contribution in [1.82, 2.24) is 29.3 Å². The molecule has 0 aliphatic carbocycles. The Labute approximate surface area is 130 Å². The van der Waals surface area contributed by atoms with E-state index >= 15 is 0 Å². The number of fused-ring (bicyclic) bond motifs is 8. The van der Waals surface area contributed by atoms with E-state index in [0.29, 0.717) is 5.82 Å². The van der Waals surface area contributed by atoms with E-state index in [-0.39, 0.29) is 0 Å². The molecule has 0 saturated carbocycles. The minimum Gasteiger partial charge on any atom is -0.259 e.